The van der Waals surface area contributed by atoms with E-state index in [9.17, 15) is 9.59 Å². The van der Waals surface area contributed by atoms with Gasteiger partial charge in [0.05, 0.1) is 23.4 Å². The molecule has 33 heavy (non-hydrogen) atoms. The highest BCUT2D eigenvalue weighted by molar-refractivity contribution is 7.19. The van der Waals surface area contributed by atoms with E-state index in [2.05, 4.69) is 4.98 Å². The molecule has 2 amide bonds. The Bertz CT molecular complexity index is 1290. The molecular weight excluding hydrogens is 456 g/mol. The number of pyridine rings is 1. The fourth-order valence-corrected chi connectivity index (χ4v) is 7.07. The molecule has 2 saturated carbocycles. The van der Waals surface area contributed by atoms with Crippen molar-refractivity contribution in [2.45, 2.75) is 52.0 Å². The number of nitrogens with zero attached hydrogens (tertiary/aromatic N) is 2. The lowest BCUT2D eigenvalue weighted by molar-refractivity contribution is -0.138. The van der Waals surface area contributed by atoms with Gasteiger partial charge in [0.15, 0.2) is 0 Å². The summed E-state index contributed by atoms with van der Waals surface area (Å²) in [6.45, 7) is 3.11. The third-order valence-electron chi connectivity index (χ3n) is 7.55. The number of fused-ring (bicyclic) bond motifs is 2. The highest BCUT2D eigenvalue weighted by Gasteiger charge is 2.57. The van der Waals surface area contributed by atoms with Crippen molar-refractivity contribution in [3.05, 3.63) is 45.9 Å². The first kappa shape index (κ1) is 21.1. The van der Waals surface area contributed by atoms with Gasteiger partial charge in [0.1, 0.15) is 5.75 Å². The first-order chi connectivity index (χ1) is 15.9. The van der Waals surface area contributed by atoms with Gasteiger partial charge in [0.25, 0.3) is 0 Å². The number of halogens is 1. The van der Waals surface area contributed by atoms with Crippen molar-refractivity contribution in [1.29, 1.82) is 0 Å². The number of thiophene rings is 1. The minimum absolute atomic E-state index is 0.101. The molecule has 5 nitrogen and oxygen atoms in total. The third kappa shape index (κ3) is 3.64. The molecule has 2 atom stereocenters. The van der Waals surface area contributed by atoms with E-state index < -0.39 is 0 Å². The standard InChI is InChI=1S/C26H25ClN2O3S/c1-15-9-17(27)10-20(24(15)32-14-26-7-2-3-16(26)12-26)19-6-8-28-21-11-18(33-25(19)21)13-29-22(30)4-5-23(29)31/h6,8-11,16H,2-5,7,12-14H2,1H3. The maximum absolute atomic E-state index is 12.1. The van der Waals surface area contributed by atoms with Gasteiger partial charge in [-0.15, -0.1) is 11.3 Å². The molecule has 3 aliphatic rings. The van der Waals surface area contributed by atoms with E-state index in [1.807, 2.05) is 31.2 Å². The molecule has 3 fully saturated rings. The Morgan fingerprint density at radius 2 is 2.03 bits per heavy atom. The number of amides is 2. The van der Waals surface area contributed by atoms with Gasteiger partial charge in [-0.05, 0) is 61.9 Å². The molecular formula is C26H25ClN2O3S. The molecule has 1 saturated heterocycles. The van der Waals surface area contributed by atoms with Crippen LogP contribution < -0.4 is 4.74 Å². The molecule has 3 heterocycles. The lowest BCUT2D eigenvalue weighted by Gasteiger charge is -2.19. The Morgan fingerprint density at radius 3 is 2.76 bits per heavy atom. The molecule has 0 N–H and O–H groups in total. The zero-order valence-electron chi connectivity index (χ0n) is 18.5. The van der Waals surface area contributed by atoms with E-state index in [4.69, 9.17) is 16.3 Å². The minimum Gasteiger partial charge on any atom is -0.492 e. The lowest BCUT2D eigenvalue weighted by Crippen LogP contribution is -2.27. The van der Waals surface area contributed by atoms with E-state index in [-0.39, 0.29) is 11.8 Å². The predicted octanol–water partition coefficient (Wildman–Crippen LogP) is 6.14. The number of aryl methyl sites for hydroxylation is 1. The highest BCUT2D eigenvalue weighted by Crippen LogP contribution is 2.63. The molecule has 2 unspecified atom stereocenters. The van der Waals surface area contributed by atoms with Crippen molar-refractivity contribution >= 4 is 45.0 Å². The number of carbonyl (C=O) groups excluding carboxylic acids is 2. The van der Waals surface area contributed by atoms with Gasteiger partial charge in [-0.3, -0.25) is 19.5 Å². The van der Waals surface area contributed by atoms with Crippen LogP contribution in [-0.4, -0.2) is 28.3 Å². The van der Waals surface area contributed by atoms with E-state index >= 15 is 0 Å². The van der Waals surface area contributed by atoms with Gasteiger partial charge in [0.2, 0.25) is 11.8 Å². The van der Waals surface area contributed by atoms with Crippen molar-refractivity contribution in [2.75, 3.05) is 6.61 Å². The number of likely N-dealkylation sites (tertiary alicyclic amines) is 1. The lowest BCUT2D eigenvalue weighted by atomic mass is 10.0. The summed E-state index contributed by atoms with van der Waals surface area (Å²) in [5, 5.41) is 0.674. The van der Waals surface area contributed by atoms with Crippen molar-refractivity contribution in [3.8, 4) is 16.9 Å². The zero-order valence-corrected chi connectivity index (χ0v) is 20.1. The molecule has 6 rings (SSSR count). The van der Waals surface area contributed by atoms with Crippen LogP contribution in [0.1, 0.15) is 49.0 Å². The Balaban J connectivity index is 1.37. The number of imide groups is 1. The van der Waals surface area contributed by atoms with Gasteiger partial charge in [0, 0.05) is 45.5 Å². The van der Waals surface area contributed by atoms with Crippen LogP contribution >= 0.6 is 22.9 Å². The van der Waals surface area contributed by atoms with Crippen LogP contribution in [-0.2, 0) is 16.1 Å². The Morgan fingerprint density at radius 1 is 1.21 bits per heavy atom. The minimum atomic E-state index is -0.101. The molecule has 2 aromatic heterocycles. The van der Waals surface area contributed by atoms with Crippen LogP contribution in [0, 0.1) is 18.3 Å². The fraction of sp³-hybridized carbons (Fsp3) is 0.423. The fourth-order valence-electron chi connectivity index (χ4n) is 5.67. The molecule has 1 aliphatic heterocycles. The highest BCUT2D eigenvalue weighted by atomic mass is 35.5. The number of benzene rings is 1. The van der Waals surface area contributed by atoms with Crippen molar-refractivity contribution < 1.29 is 14.3 Å². The average molecular weight is 481 g/mol. The predicted molar refractivity (Wildman–Crippen MR) is 129 cm³/mol. The summed E-state index contributed by atoms with van der Waals surface area (Å²) >= 11 is 8.06. The summed E-state index contributed by atoms with van der Waals surface area (Å²) in [5.74, 6) is 1.52. The second-order valence-corrected chi connectivity index (χ2v) is 11.3. The topological polar surface area (TPSA) is 59.5 Å². The van der Waals surface area contributed by atoms with Crippen LogP contribution in [0.2, 0.25) is 5.02 Å². The van der Waals surface area contributed by atoms with Crippen LogP contribution in [0.3, 0.4) is 0 Å². The second kappa shape index (κ2) is 7.81. The summed E-state index contributed by atoms with van der Waals surface area (Å²) in [4.78, 5) is 31.0. The van der Waals surface area contributed by atoms with Gasteiger partial charge in [-0.2, -0.15) is 0 Å². The number of rotatable bonds is 6. The number of aromatic nitrogens is 1. The summed E-state index contributed by atoms with van der Waals surface area (Å²) < 4.78 is 7.54. The quantitative estimate of drug-likeness (QED) is 0.397. The van der Waals surface area contributed by atoms with Crippen molar-refractivity contribution in [3.63, 3.8) is 0 Å². The molecule has 170 valence electrons. The van der Waals surface area contributed by atoms with Crippen molar-refractivity contribution in [2.24, 2.45) is 11.3 Å². The molecule has 3 aromatic rings. The van der Waals surface area contributed by atoms with Gasteiger partial charge in [-0.1, -0.05) is 18.0 Å². The monoisotopic (exact) mass is 480 g/mol. The molecule has 7 heteroatoms. The van der Waals surface area contributed by atoms with E-state index in [1.165, 1.54) is 30.6 Å². The molecule has 0 radical (unpaired) electrons. The van der Waals surface area contributed by atoms with Crippen LogP contribution in [0.4, 0.5) is 0 Å². The summed E-state index contributed by atoms with van der Waals surface area (Å²) in [6.07, 6.45) is 7.60. The maximum atomic E-state index is 12.1. The van der Waals surface area contributed by atoms with Gasteiger partial charge < -0.3 is 4.74 Å². The van der Waals surface area contributed by atoms with Gasteiger partial charge in [-0.25, -0.2) is 0 Å². The first-order valence-corrected chi connectivity index (χ1v) is 12.8. The number of hydrogen-bond acceptors (Lipinski definition) is 5. The molecule has 0 spiro atoms. The summed E-state index contributed by atoms with van der Waals surface area (Å²) in [7, 11) is 0. The third-order valence-corrected chi connectivity index (χ3v) is 8.91. The molecule has 0 bridgehead atoms. The van der Waals surface area contributed by atoms with E-state index in [0.29, 0.717) is 29.8 Å². The maximum Gasteiger partial charge on any atom is 0.230 e. The van der Waals surface area contributed by atoms with E-state index in [0.717, 1.165) is 50.1 Å². The van der Waals surface area contributed by atoms with Crippen molar-refractivity contribution in [1.82, 2.24) is 9.88 Å². The molecule has 1 aromatic carbocycles. The van der Waals surface area contributed by atoms with Crippen LogP contribution in [0.25, 0.3) is 21.3 Å². The largest absolute Gasteiger partial charge is 0.492 e. The zero-order chi connectivity index (χ0) is 22.7. The number of hydrogen-bond donors (Lipinski definition) is 0. The molecule has 2 aliphatic carbocycles. The first-order valence-electron chi connectivity index (χ1n) is 11.6. The Labute approximate surface area is 201 Å². The summed E-state index contributed by atoms with van der Waals surface area (Å²) in [6, 6.07) is 7.91. The summed E-state index contributed by atoms with van der Waals surface area (Å²) in [5.41, 5.74) is 4.25. The van der Waals surface area contributed by atoms with E-state index in [1.54, 1.807) is 17.5 Å². The SMILES string of the molecule is Cc1cc(Cl)cc(-c2ccnc3cc(CN4C(=O)CCC4=O)sc23)c1OCC12CCCC1C2. The van der Waals surface area contributed by atoms with Crippen LogP contribution in [0.5, 0.6) is 5.75 Å². The van der Waals surface area contributed by atoms with Gasteiger partial charge >= 0.3 is 0 Å². The normalized spacial score (nSPS) is 24.1. The Hall–Kier alpha value is -2.44. The average Bonchev–Trinajstić information content (AvgIpc) is 3.08. The van der Waals surface area contributed by atoms with Crippen LogP contribution in [0.15, 0.2) is 30.5 Å². The second-order valence-electron chi connectivity index (χ2n) is 9.70. The Kier molecular flexibility index (Phi) is 5.00. The smallest absolute Gasteiger partial charge is 0.230 e. The number of carbonyl (C=O) groups is 2. The number of ether oxygens (including phenoxy) is 1.